The average Bonchev–Trinajstić information content (AvgIpc) is 3.28. The Kier molecular flexibility index (Phi) is 5.67. The number of hydrogen-bond acceptors (Lipinski definition) is 4. The van der Waals surface area contributed by atoms with Gasteiger partial charge < -0.3 is 10.2 Å². The zero-order valence-corrected chi connectivity index (χ0v) is 20.7. The molecule has 0 spiro atoms. The first-order chi connectivity index (χ1) is 14.8. The number of piperidine rings is 2. The molecule has 0 atom stereocenters. The number of anilines is 1. The molecule has 2 fully saturated rings. The predicted molar refractivity (Wildman–Crippen MR) is 133 cm³/mol. The van der Waals surface area contributed by atoms with Gasteiger partial charge in [0.25, 0.3) is 0 Å². The van der Waals surface area contributed by atoms with Crippen LogP contribution in [-0.2, 0) is 10.8 Å². The highest BCUT2D eigenvalue weighted by Crippen LogP contribution is 2.47. The van der Waals surface area contributed by atoms with Crippen LogP contribution >= 0.6 is 11.3 Å². The van der Waals surface area contributed by atoms with Crippen LogP contribution in [0.2, 0.25) is 0 Å². The van der Waals surface area contributed by atoms with E-state index in [9.17, 15) is 0 Å². The lowest BCUT2D eigenvalue weighted by Crippen LogP contribution is -2.39. The summed E-state index contributed by atoms with van der Waals surface area (Å²) < 4.78 is 0. The van der Waals surface area contributed by atoms with E-state index in [4.69, 9.17) is 4.98 Å². The minimum absolute atomic E-state index is 0.246. The van der Waals surface area contributed by atoms with Crippen molar-refractivity contribution >= 4 is 16.5 Å². The topological polar surface area (TPSA) is 28.2 Å². The molecule has 0 radical (unpaired) electrons. The van der Waals surface area contributed by atoms with Crippen molar-refractivity contribution in [2.45, 2.75) is 77.0 Å². The molecule has 0 amide bonds. The average molecular weight is 438 g/mol. The van der Waals surface area contributed by atoms with E-state index < -0.39 is 0 Å². The molecule has 0 saturated carbocycles. The zero-order valence-electron chi connectivity index (χ0n) is 19.8. The van der Waals surface area contributed by atoms with E-state index in [1.807, 2.05) is 11.3 Å². The highest BCUT2D eigenvalue weighted by molar-refractivity contribution is 7.14. The molecule has 168 valence electrons. The lowest BCUT2D eigenvalue weighted by Gasteiger charge is -2.42. The Morgan fingerprint density at radius 2 is 1.55 bits per heavy atom. The van der Waals surface area contributed by atoms with Crippen LogP contribution in [0.15, 0.2) is 23.6 Å². The van der Waals surface area contributed by atoms with E-state index in [-0.39, 0.29) is 10.8 Å². The lowest BCUT2D eigenvalue weighted by atomic mass is 9.63. The summed E-state index contributed by atoms with van der Waals surface area (Å²) in [5.41, 5.74) is 6.02. The molecule has 2 aliphatic heterocycles. The van der Waals surface area contributed by atoms with Gasteiger partial charge in [-0.2, -0.15) is 0 Å². The predicted octanol–water partition coefficient (Wildman–Crippen LogP) is 6.38. The van der Waals surface area contributed by atoms with Crippen LogP contribution in [-0.4, -0.2) is 31.2 Å². The van der Waals surface area contributed by atoms with Crippen molar-refractivity contribution in [3.05, 3.63) is 34.7 Å². The van der Waals surface area contributed by atoms with Gasteiger partial charge in [-0.15, -0.1) is 11.3 Å². The third kappa shape index (κ3) is 4.18. The van der Waals surface area contributed by atoms with Crippen molar-refractivity contribution in [2.24, 2.45) is 11.8 Å². The maximum absolute atomic E-state index is 5.11. The number of fused-ring (bicyclic) bond motifs is 1. The monoisotopic (exact) mass is 437 g/mol. The van der Waals surface area contributed by atoms with Crippen molar-refractivity contribution in [2.75, 3.05) is 31.1 Å². The van der Waals surface area contributed by atoms with Crippen LogP contribution < -0.4 is 10.2 Å². The highest BCUT2D eigenvalue weighted by atomic mass is 32.1. The van der Waals surface area contributed by atoms with Crippen LogP contribution in [0.1, 0.15) is 77.3 Å². The van der Waals surface area contributed by atoms with Crippen LogP contribution in [0.4, 0.5) is 5.13 Å². The van der Waals surface area contributed by atoms with Gasteiger partial charge in [0.05, 0.1) is 5.69 Å². The van der Waals surface area contributed by atoms with Gasteiger partial charge in [-0.25, -0.2) is 4.98 Å². The largest absolute Gasteiger partial charge is 0.348 e. The first-order valence-corrected chi connectivity index (χ1v) is 13.3. The summed E-state index contributed by atoms with van der Waals surface area (Å²) in [5, 5.41) is 7.01. The summed E-state index contributed by atoms with van der Waals surface area (Å²) in [6, 6.07) is 7.14. The fourth-order valence-corrected chi connectivity index (χ4v) is 7.06. The number of hydrogen-bond donors (Lipinski definition) is 1. The molecule has 5 rings (SSSR count). The molecule has 3 heterocycles. The van der Waals surface area contributed by atoms with Gasteiger partial charge in [0.2, 0.25) is 0 Å². The van der Waals surface area contributed by atoms with Gasteiger partial charge in [0.15, 0.2) is 5.13 Å². The van der Waals surface area contributed by atoms with Crippen molar-refractivity contribution in [3.8, 4) is 11.3 Å². The summed E-state index contributed by atoms with van der Waals surface area (Å²) >= 11 is 1.83. The lowest BCUT2D eigenvalue weighted by molar-refractivity contribution is 0.222. The van der Waals surface area contributed by atoms with E-state index in [1.54, 1.807) is 0 Å². The van der Waals surface area contributed by atoms with Crippen LogP contribution in [0.3, 0.4) is 0 Å². The van der Waals surface area contributed by atoms with Crippen molar-refractivity contribution in [3.63, 3.8) is 0 Å². The number of nitrogens with zero attached hydrogens (tertiary/aromatic N) is 2. The van der Waals surface area contributed by atoms with Crippen molar-refractivity contribution in [1.29, 1.82) is 0 Å². The van der Waals surface area contributed by atoms with Gasteiger partial charge in [0, 0.05) is 24.0 Å². The molecular formula is C27H39N3S. The second-order valence-corrected chi connectivity index (χ2v) is 12.3. The standard InChI is InChI=1S/C27H39N3S/c1-26(2)11-12-27(3,4)23-17-21(5-6-22(23)26)24-18-31-25(29-24)30-15-9-20(10-16-30)19-7-13-28-14-8-19/h5-6,17-20,28H,7-16H2,1-4H3. The zero-order chi connectivity index (χ0) is 21.6. The molecule has 1 N–H and O–H groups in total. The quantitative estimate of drug-likeness (QED) is 0.604. The third-order valence-corrected chi connectivity index (χ3v) is 9.40. The molecule has 1 aliphatic carbocycles. The van der Waals surface area contributed by atoms with Gasteiger partial charge in [0.1, 0.15) is 0 Å². The minimum Gasteiger partial charge on any atom is -0.348 e. The Morgan fingerprint density at radius 3 is 2.26 bits per heavy atom. The summed E-state index contributed by atoms with van der Waals surface area (Å²) in [6.07, 6.45) is 7.93. The molecule has 1 aromatic heterocycles. The Labute approximate surface area is 192 Å². The molecule has 3 aliphatic rings. The normalized spacial score (nSPS) is 24.2. The highest BCUT2D eigenvalue weighted by Gasteiger charge is 2.37. The van der Waals surface area contributed by atoms with Crippen LogP contribution in [0.25, 0.3) is 11.3 Å². The fourth-order valence-electron chi connectivity index (χ4n) is 6.17. The van der Waals surface area contributed by atoms with Crippen molar-refractivity contribution < 1.29 is 0 Å². The Bertz CT molecular complexity index is 914. The molecule has 2 saturated heterocycles. The third-order valence-electron chi connectivity index (χ3n) is 8.50. The molecule has 31 heavy (non-hydrogen) atoms. The molecule has 1 aromatic carbocycles. The van der Waals surface area contributed by atoms with Crippen LogP contribution in [0, 0.1) is 11.8 Å². The molecule has 2 aromatic rings. The van der Waals surface area contributed by atoms with E-state index in [2.05, 4.69) is 61.5 Å². The van der Waals surface area contributed by atoms with Crippen molar-refractivity contribution in [1.82, 2.24) is 10.3 Å². The fraction of sp³-hybridized carbons (Fsp3) is 0.667. The molecular weight excluding hydrogens is 398 g/mol. The number of aromatic nitrogens is 1. The SMILES string of the molecule is CC1(C)CCC(C)(C)c2cc(-c3csc(N4CCC(C5CCNCC5)CC4)n3)ccc21. The minimum atomic E-state index is 0.246. The number of thiazole rings is 1. The summed E-state index contributed by atoms with van der Waals surface area (Å²) in [5.74, 6) is 1.86. The van der Waals surface area contributed by atoms with Gasteiger partial charge in [-0.3, -0.25) is 0 Å². The second-order valence-electron chi connectivity index (χ2n) is 11.5. The first kappa shape index (κ1) is 21.5. The Morgan fingerprint density at radius 1 is 0.903 bits per heavy atom. The molecule has 0 unspecified atom stereocenters. The first-order valence-electron chi connectivity index (χ1n) is 12.4. The molecule has 4 heteroatoms. The summed E-state index contributed by atoms with van der Waals surface area (Å²) in [7, 11) is 0. The Hall–Kier alpha value is -1.39. The van der Waals surface area contributed by atoms with E-state index in [1.165, 1.54) is 86.5 Å². The number of nitrogens with one attached hydrogen (secondary N) is 1. The smallest absolute Gasteiger partial charge is 0.185 e. The number of benzene rings is 1. The van der Waals surface area contributed by atoms with Gasteiger partial charge >= 0.3 is 0 Å². The van der Waals surface area contributed by atoms with Gasteiger partial charge in [-0.1, -0.05) is 39.8 Å². The maximum Gasteiger partial charge on any atom is 0.185 e. The van der Waals surface area contributed by atoms with E-state index in [0.717, 1.165) is 17.5 Å². The van der Waals surface area contributed by atoms with E-state index in [0.29, 0.717) is 0 Å². The Balaban J connectivity index is 1.31. The second kappa shape index (κ2) is 8.19. The summed E-state index contributed by atoms with van der Waals surface area (Å²) in [6.45, 7) is 14.4. The molecule has 3 nitrogen and oxygen atoms in total. The van der Waals surface area contributed by atoms with Gasteiger partial charge in [-0.05, 0) is 91.5 Å². The maximum atomic E-state index is 5.11. The van der Waals surface area contributed by atoms with E-state index >= 15 is 0 Å². The van der Waals surface area contributed by atoms with Crippen LogP contribution in [0.5, 0.6) is 0 Å². The number of rotatable bonds is 3. The molecule has 0 bridgehead atoms. The summed E-state index contributed by atoms with van der Waals surface area (Å²) in [4.78, 5) is 7.65.